The van der Waals surface area contributed by atoms with Gasteiger partial charge in [-0.3, -0.25) is 0 Å². The highest BCUT2D eigenvalue weighted by molar-refractivity contribution is 7.09. The third-order valence-corrected chi connectivity index (χ3v) is 2.98. The maximum absolute atomic E-state index is 13.4. The number of aliphatic hydroxyl groups excluding tert-OH is 1. The molecule has 2 nitrogen and oxygen atoms in total. The summed E-state index contributed by atoms with van der Waals surface area (Å²) in [5.74, 6) is -1.53. The van der Waals surface area contributed by atoms with Crippen molar-refractivity contribution in [2.75, 3.05) is 0 Å². The molecular formula is C11H9F2NOS. The number of halogens is 2. The molecule has 1 aromatic heterocycles. The van der Waals surface area contributed by atoms with E-state index >= 15 is 0 Å². The van der Waals surface area contributed by atoms with Gasteiger partial charge in [-0.05, 0) is 19.1 Å². The van der Waals surface area contributed by atoms with Crippen LogP contribution in [0, 0.1) is 18.6 Å². The van der Waals surface area contributed by atoms with E-state index in [0.29, 0.717) is 0 Å². The Hall–Kier alpha value is -1.33. The van der Waals surface area contributed by atoms with E-state index in [1.54, 1.807) is 12.3 Å². The molecule has 1 atom stereocenters. The number of benzene rings is 1. The quantitative estimate of drug-likeness (QED) is 0.877. The molecule has 2 rings (SSSR count). The molecule has 2 aromatic rings. The maximum Gasteiger partial charge on any atom is 0.132 e. The van der Waals surface area contributed by atoms with E-state index in [9.17, 15) is 13.9 Å². The number of aliphatic hydroxyl groups is 1. The highest BCUT2D eigenvalue weighted by atomic mass is 32.1. The molecule has 0 saturated carbocycles. The van der Waals surface area contributed by atoms with Crippen LogP contribution in [0.5, 0.6) is 0 Å². The van der Waals surface area contributed by atoms with Crippen LogP contribution in [0.3, 0.4) is 0 Å². The fraction of sp³-hybridized carbons (Fsp3) is 0.182. The minimum Gasteiger partial charge on any atom is -0.382 e. The van der Waals surface area contributed by atoms with E-state index in [1.807, 2.05) is 0 Å². The van der Waals surface area contributed by atoms with Gasteiger partial charge in [-0.1, -0.05) is 6.07 Å². The van der Waals surface area contributed by atoms with Crippen molar-refractivity contribution in [2.45, 2.75) is 13.0 Å². The zero-order valence-electron chi connectivity index (χ0n) is 8.45. The van der Waals surface area contributed by atoms with Gasteiger partial charge in [-0.25, -0.2) is 13.8 Å². The molecule has 16 heavy (non-hydrogen) atoms. The number of hydrogen-bond donors (Lipinski definition) is 1. The number of thiazole rings is 1. The average Bonchev–Trinajstić information content (AvgIpc) is 2.64. The van der Waals surface area contributed by atoms with Crippen LogP contribution in [0.2, 0.25) is 0 Å². The predicted octanol–water partition coefficient (Wildman–Crippen LogP) is 2.81. The first-order valence-corrected chi connectivity index (χ1v) is 5.51. The molecule has 0 saturated heterocycles. The van der Waals surface area contributed by atoms with Gasteiger partial charge in [0, 0.05) is 5.38 Å². The summed E-state index contributed by atoms with van der Waals surface area (Å²) in [6.07, 6.45) is -1.36. The summed E-state index contributed by atoms with van der Waals surface area (Å²) in [6.45, 7) is 1.76. The van der Waals surface area contributed by atoms with Gasteiger partial charge in [0.2, 0.25) is 0 Å². The molecule has 0 aliphatic carbocycles. The van der Waals surface area contributed by atoms with Crippen molar-refractivity contribution in [2.24, 2.45) is 0 Å². The molecule has 1 unspecified atom stereocenters. The Bertz CT molecular complexity index is 492. The van der Waals surface area contributed by atoms with Gasteiger partial charge in [-0.15, -0.1) is 11.3 Å². The minimum atomic E-state index is -1.36. The second-order valence-corrected chi connectivity index (χ2v) is 4.39. The van der Waals surface area contributed by atoms with E-state index in [4.69, 9.17) is 0 Å². The van der Waals surface area contributed by atoms with Gasteiger partial charge in [0.15, 0.2) is 0 Å². The summed E-state index contributed by atoms with van der Waals surface area (Å²) >= 11 is 1.32. The molecule has 0 fully saturated rings. The number of hydrogen-bond acceptors (Lipinski definition) is 3. The van der Waals surface area contributed by atoms with E-state index in [0.717, 1.165) is 17.1 Å². The van der Waals surface area contributed by atoms with Gasteiger partial charge in [0.1, 0.15) is 17.7 Å². The highest BCUT2D eigenvalue weighted by Crippen LogP contribution is 2.27. The molecule has 0 radical (unpaired) electrons. The fourth-order valence-electron chi connectivity index (χ4n) is 1.43. The Labute approximate surface area is 95.2 Å². The van der Waals surface area contributed by atoms with Crippen molar-refractivity contribution in [1.29, 1.82) is 0 Å². The summed E-state index contributed by atoms with van der Waals surface area (Å²) in [7, 11) is 0. The van der Waals surface area contributed by atoms with E-state index in [-0.39, 0.29) is 11.3 Å². The van der Waals surface area contributed by atoms with E-state index < -0.39 is 17.7 Å². The molecular weight excluding hydrogens is 232 g/mol. The molecule has 5 heteroatoms. The molecule has 84 valence electrons. The first kappa shape index (κ1) is 11.2. The first-order valence-electron chi connectivity index (χ1n) is 4.63. The topological polar surface area (TPSA) is 33.1 Å². The fourth-order valence-corrected chi connectivity index (χ4v) is 2.06. The van der Waals surface area contributed by atoms with Crippen molar-refractivity contribution in [3.63, 3.8) is 0 Å². The Morgan fingerprint density at radius 1 is 1.31 bits per heavy atom. The Kier molecular flexibility index (Phi) is 2.98. The average molecular weight is 241 g/mol. The Balaban J connectivity index is 2.45. The summed E-state index contributed by atoms with van der Waals surface area (Å²) in [5.41, 5.74) is -0.0840. The van der Waals surface area contributed by atoms with Crippen molar-refractivity contribution >= 4 is 11.3 Å². The molecule has 1 heterocycles. The molecule has 0 aliphatic heterocycles. The molecule has 0 amide bonds. The minimum absolute atomic E-state index is 0.270. The lowest BCUT2D eigenvalue weighted by Crippen LogP contribution is -2.06. The molecule has 0 aliphatic rings. The number of nitrogens with zero attached hydrogens (tertiary/aromatic N) is 1. The lowest BCUT2D eigenvalue weighted by molar-refractivity contribution is 0.205. The summed E-state index contributed by atoms with van der Waals surface area (Å²) < 4.78 is 26.7. The third-order valence-electron chi connectivity index (χ3n) is 2.19. The van der Waals surface area contributed by atoms with Crippen molar-refractivity contribution < 1.29 is 13.9 Å². The molecule has 1 aromatic carbocycles. The smallest absolute Gasteiger partial charge is 0.132 e. The van der Waals surface area contributed by atoms with Crippen LogP contribution in [0.4, 0.5) is 8.78 Å². The van der Waals surface area contributed by atoms with Crippen molar-refractivity contribution in [1.82, 2.24) is 4.98 Å². The van der Waals surface area contributed by atoms with E-state index in [1.165, 1.54) is 17.4 Å². The summed E-state index contributed by atoms with van der Waals surface area (Å²) in [5, 5.41) is 12.2. The zero-order chi connectivity index (χ0) is 11.7. The van der Waals surface area contributed by atoms with Gasteiger partial charge >= 0.3 is 0 Å². The van der Waals surface area contributed by atoms with Crippen molar-refractivity contribution in [3.05, 3.63) is 51.5 Å². The van der Waals surface area contributed by atoms with Gasteiger partial charge in [0.25, 0.3) is 0 Å². The lowest BCUT2D eigenvalue weighted by Gasteiger charge is -2.10. The Morgan fingerprint density at radius 2 is 1.94 bits per heavy atom. The van der Waals surface area contributed by atoms with Gasteiger partial charge < -0.3 is 5.11 Å². The van der Waals surface area contributed by atoms with Crippen LogP contribution in [0.15, 0.2) is 23.6 Å². The monoisotopic (exact) mass is 241 g/mol. The lowest BCUT2D eigenvalue weighted by atomic mass is 10.1. The van der Waals surface area contributed by atoms with Crippen molar-refractivity contribution in [3.8, 4) is 0 Å². The predicted molar refractivity (Wildman–Crippen MR) is 57.3 cm³/mol. The highest BCUT2D eigenvalue weighted by Gasteiger charge is 2.21. The van der Waals surface area contributed by atoms with Crippen LogP contribution >= 0.6 is 11.3 Å². The third kappa shape index (κ3) is 1.96. The number of aromatic nitrogens is 1. The van der Waals surface area contributed by atoms with E-state index in [2.05, 4.69) is 4.98 Å². The largest absolute Gasteiger partial charge is 0.382 e. The van der Waals surface area contributed by atoms with Crippen LogP contribution in [-0.4, -0.2) is 10.1 Å². The maximum atomic E-state index is 13.4. The molecule has 0 spiro atoms. The number of rotatable bonds is 2. The van der Waals surface area contributed by atoms with Crippen LogP contribution in [0.1, 0.15) is 22.4 Å². The van der Waals surface area contributed by atoms with Crippen LogP contribution in [-0.2, 0) is 0 Å². The van der Waals surface area contributed by atoms with Gasteiger partial charge in [0.05, 0.1) is 16.3 Å². The normalized spacial score (nSPS) is 12.8. The number of aryl methyl sites for hydroxylation is 1. The molecule has 0 bridgehead atoms. The Morgan fingerprint density at radius 3 is 2.44 bits per heavy atom. The second-order valence-electron chi connectivity index (χ2n) is 3.33. The summed E-state index contributed by atoms with van der Waals surface area (Å²) in [4.78, 5) is 4.00. The van der Waals surface area contributed by atoms with Crippen LogP contribution in [0.25, 0.3) is 0 Å². The zero-order valence-corrected chi connectivity index (χ0v) is 9.26. The van der Waals surface area contributed by atoms with Crippen LogP contribution < -0.4 is 0 Å². The SMILES string of the molecule is Cc1nc(C(O)c2c(F)cccc2F)cs1. The van der Waals surface area contributed by atoms with Gasteiger partial charge in [-0.2, -0.15) is 0 Å². The first-order chi connectivity index (χ1) is 7.59. The standard InChI is InChI=1S/C11H9F2NOS/c1-6-14-9(5-16-6)11(15)10-7(12)3-2-4-8(10)13/h2-5,11,15H,1H3. The summed E-state index contributed by atoms with van der Waals surface area (Å²) in [6, 6.07) is 3.48. The molecule has 1 N–H and O–H groups in total. The second kappa shape index (κ2) is 4.27.